The Kier molecular flexibility index (Phi) is 3.49. The molecule has 1 aliphatic carbocycles. The fourth-order valence-corrected chi connectivity index (χ4v) is 4.05. The van der Waals surface area contributed by atoms with Gasteiger partial charge >= 0.3 is 0 Å². The SMILES string of the molecule is C1CCC(N2CCC3NCCCC3C2)CC1. The quantitative estimate of drug-likeness (QED) is 0.733. The van der Waals surface area contributed by atoms with Crippen LogP contribution < -0.4 is 5.32 Å². The van der Waals surface area contributed by atoms with Gasteiger partial charge in [0, 0.05) is 18.6 Å². The zero-order chi connectivity index (χ0) is 10.8. The summed E-state index contributed by atoms with van der Waals surface area (Å²) in [5.74, 6) is 0.962. The Bertz CT molecular complexity index is 220. The number of fused-ring (bicyclic) bond motifs is 1. The summed E-state index contributed by atoms with van der Waals surface area (Å²) in [4.78, 5) is 2.83. The van der Waals surface area contributed by atoms with Crippen molar-refractivity contribution < 1.29 is 0 Å². The summed E-state index contributed by atoms with van der Waals surface area (Å²) in [6.07, 6.45) is 11.7. The van der Waals surface area contributed by atoms with Crippen molar-refractivity contribution in [3.63, 3.8) is 0 Å². The average Bonchev–Trinajstić information content (AvgIpc) is 2.39. The summed E-state index contributed by atoms with van der Waals surface area (Å²) in [6, 6.07) is 1.80. The Morgan fingerprint density at radius 3 is 2.62 bits per heavy atom. The van der Waals surface area contributed by atoms with E-state index in [1.54, 1.807) is 0 Å². The molecule has 0 amide bonds. The molecule has 0 aromatic carbocycles. The number of nitrogens with zero attached hydrogens (tertiary/aromatic N) is 1. The number of likely N-dealkylation sites (tertiary alicyclic amines) is 1. The molecule has 0 aromatic rings. The van der Waals surface area contributed by atoms with Gasteiger partial charge in [0.1, 0.15) is 0 Å². The zero-order valence-electron chi connectivity index (χ0n) is 10.5. The van der Waals surface area contributed by atoms with Crippen LogP contribution in [0.2, 0.25) is 0 Å². The lowest BCUT2D eigenvalue weighted by molar-refractivity contribution is 0.0636. The predicted molar refractivity (Wildman–Crippen MR) is 67.6 cm³/mol. The average molecular weight is 222 g/mol. The minimum absolute atomic E-state index is 0.855. The molecule has 16 heavy (non-hydrogen) atoms. The third-order valence-electron chi connectivity index (χ3n) is 5.01. The smallest absolute Gasteiger partial charge is 0.0120 e. The summed E-state index contributed by atoms with van der Waals surface area (Å²) < 4.78 is 0. The van der Waals surface area contributed by atoms with Crippen LogP contribution in [0.1, 0.15) is 51.4 Å². The normalized spacial score (nSPS) is 38.2. The molecule has 0 spiro atoms. The first-order valence-corrected chi connectivity index (χ1v) is 7.41. The Labute approximate surface area is 99.8 Å². The second-order valence-electron chi connectivity index (χ2n) is 6.04. The topological polar surface area (TPSA) is 15.3 Å². The van der Waals surface area contributed by atoms with Gasteiger partial charge in [0.05, 0.1) is 0 Å². The highest BCUT2D eigenvalue weighted by Gasteiger charge is 2.33. The molecule has 3 fully saturated rings. The molecule has 2 heterocycles. The standard InChI is InChI=1S/C14H26N2/c1-2-6-13(7-3-1)16-10-8-14-12(11-16)5-4-9-15-14/h12-15H,1-11H2. The van der Waals surface area contributed by atoms with Crippen LogP contribution in [-0.4, -0.2) is 36.6 Å². The molecule has 1 saturated carbocycles. The Balaban J connectivity index is 1.57. The van der Waals surface area contributed by atoms with E-state index in [-0.39, 0.29) is 0 Å². The van der Waals surface area contributed by atoms with Crippen molar-refractivity contribution in [3.8, 4) is 0 Å². The van der Waals surface area contributed by atoms with Gasteiger partial charge in [-0.1, -0.05) is 19.3 Å². The second-order valence-corrected chi connectivity index (χ2v) is 6.04. The van der Waals surface area contributed by atoms with E-state index in [0.29, 0.717) is 0 Å². The van der Waals surface area contributed by atoms with Crippen LogP contribution in [-0.2, 0) is 0 Å². The van der Waals surface area contributed by atoms with E-state index in [2.05, 4.69) is 10.2 Å². The minimum atomic E-state index is 0.855. The molecule has 1 N–H and O–H groups in total. The van der Waals surface area contributed by atoms with Crippen LogP contribution in [0, 0.1) is 5.92 Å². The summed E-state index contributed by atoms with van der Waals surface area (Å²) in [6.45, 7) is 4.02. The van der Waals surface area contributed by atoms with E-state index in [4.69, 9.17) is 0 Å². The van der Waals surface area contributed by atoms with Crippen molar-refractivity contribution in [2.24, 2.45) is 5.92 Å². The Morgan fingerprint density at radius 2 is 1.75 bits per heavy atom. The molecule has 0 radical (unpaired) electrons. The molecular weight excluding hydrogens is 196 g/mol. The van der Waals surface area contributed by atoms with Gasteiger partial charge in [-0.15, -0.1) is 0 Å². The predicted octanol–water partition coefficient (Wildman–Crippen LogP) is 2.39. The van der Waals surface area contributed by atoms with Gasteiger partial charge in [0.15, 0.2) is 0 Å². The highest BCUT2D eigenvalue weighted by molar-refractivity contribution is 4.90. The highest BCUT2D eigenvalue weighted by atomic mass is 15.2. The first-order chi connectivity index (χ1) is 7.93. The fourth-order valence-electron chi connectivity index (χ4n) is 4.05. The summed E-state index contributed by atoms with van der Waals surface area (Å²) >= 11 is 0. The van der Waals surface area contributed by atoms with Gasteiger partial charge in [-0.25, -0.2) is 0 Å². The van der Waals surface area contributed by atoms with Crippen molar-refractivity contribution >= 4 is 0 Å². The number of piperidine rings is 2. The van der Waals surface area contributed by atoms with Crippen LogP contribution >= 0.6 is 0 Å². The lowest BCUT2D eigenvalue weighted by Gasteiger charge is -2.45. The van der Waals surface area contributed by atoms with E-state index in [0.717, 1.165) is 18.0 Å². The van der Waals surface area contributed by atoms with Gasteiger partial charge in [-0.3, -0.25) is 4.90 Å². The molecule has 3 aliphatic rings. The largest absolute Gasteiger partial charge is 0.314 e. The van der Waals surface area contributed by atoms with Gasteiger partial charge < -0.3 is 5.32 Å². The van der Waals surface area contributed by atoms with E-state index in [1.165, 1.54) is 71.0 Å². The first-order valence-electron chi connectivity index (χ1n) is 7.41. The molecule has 2 atom stereocenters. The summed E-state index contributed by atoms with van der Waals surface area (Å²) in [5.41, 5.74) is 0. The summed E-state index contributed by atoms with van der Waals surface area (Å²) in [5, 5.41) is 3.72. The third kappa shape index (κ3) is 2.28. The highest BCUT2D eigenvalue weighted by Crippen LogP contribution is 2.30. The molecular formula is C14H26N2. The van der Waals surface area contributed by atoms with Gasteiger partial charge in [-0.05, 0) is 51.1 Å². The van der Waals surface area contributed by atoms with Crippen LogP contribution in [0.5, 0.6) is 0 Å². The van der Waals surface area contributed by atoms with Crippen molar-refractivity contribution in [3.05, 3.63) is 0 Å². The number of rotatable bonds is 1. The number of nitrogens with one attached hydrogen (secondary N) is 1. The lowest BCUT2D eigenvalue weighted by atomic mass is 9.83. The van der Waals surface area contributed by atoms with E-state index >= 15 is 0 Å². The Hall–Kier alpha value is -0.0800. The third-order valence-corrected chi connectivity index (χ3v) is 5.01. The van der Waals surface area contributed by atoms with E-state index in [9.17, 15) is 0 Å². The maximum absolute atomic E-state index is 3.72. The molecule has 3 rings (SSSR count). The second kappa shape index (κ2) is 5.05. The molecule has 2 unspecified atom stereocenters. The van der Waals surface area contributed by atoms with Crippen molar-refractivity contribution in [2.75, 3.05) is 19.6 Å². The van der Waals surface area contributed by atoms with Crippen LogP contribution in [0.25, 0.3) is 0 Å². The van der Waals surface area contributed by atoms with Crippen molar-refractivity contribution in [1.29, 1.82) is 0 Å². The van der Waals surface area contributed by atoms with Crippen molar-refractivity contribution in [2.45, 2.75) is 63.5 Å². The van der Waals surface area contributed by atoms with Crippen LogP contribution in [0.4, 0.5) is 0 Å². The van der Waals surface area contributed by atoms with Gasteiger partial charge in [0.2, 0.25) is 0 Å². The number of hydrogen-bond donors (Lipinski definition) is 1. The van der Waals surface area contributed by atoms with E-state index in [1.807, 2.05) is 0 Å². The lowest BCUT2D eigenvalue weighted by Crippen LogP contribution is -2.54. The molecule has 2 saturated heterocycles. The molecule has 2 heteroatoms. The maximum Gasteiger partial charge on any atom is 0.0120 e. The molecule has 2 nitrogen and oxygen atoms in total. The molecule has 0 aromatic heterocycles. The molecule has 2 aliphatic heterocycles. The molecule has 92 valence electrons. The van der Waals surface area contributed by atoms with Gasteiger partial charge in [0.25, 0.3) is 0 Å². The summed E-state index contributed by atoms with van der Waals surface area (Å²) in [7, 11) is 0. The first kappa shape index (κ1) is 11.0. The molecule has 0 bridgehead atoms. The van der Waals surface area contributed by atoms with Crippen molar-refractivity contribution in [1.82, 2.24) is 10.2 Å². The van der Waals surface area contributed by atoms with Crippen LogP contribution in [0.15, 0.2) is 0 Å². The Morgan fingerprint density at radius 1 is 0.875 bits per heavy atom. The fraction of sp³-hybridized carbons (Fsp3) is 1.00. The zero-order valence-corrected chi connectivity index (χ0v) is 10.5. The van der Waals surface area contributed by atoms with Crippen LogP contribution in [0.3, 0.4) is 0 Å². The minimum Gasteiger partial charge on any atom is -0.314 e. The number of hydrogen-bond acceptors (Lipinski definition) is 2. The van der Waals surface area contributed by atoms with Gasteiger partial charge in [-0.2, -0.15) is 0 Å². The maximum atomic E-state index is 3.72. The monoisotopic (exact) mass is 222 g/mol. The van der Waals surface area contributed by atoms with E-state index < -0.39 is 0 Å².